The lowest BCUT2D eigenvalue weighted by atomic mass is 9.96. The number of amides is 1. The van der Waals surface area contributed by atoms with Gasteiger partial charge >= 0.3 is 0 Å². The van der Waals surface area contributed by atoms with Gasteiger partial charge in [-0.05, 0) is 42.7 Å². The summed E-state index contributed by atoms with van der Waals surface area (Å²) in [5, 5.41) is 2.52. The lowest BCUT2D eigenvalue weighted by Crippen LogP contribution is -2.46. The largest absolute Gasteiger partial charge is 0.368 e. The molecule has 2 heterocycles. The molecule has 1 fully saturated rings. The van der Waals surface area contributed by atoms with Crippen LogP contribution < -0.4 is 16.0 Å². The summed E-state index contributed by atoms with van der Waals surface area (Å²) >= 11 is 0. The first-order chi connectivity index (χ1) is 16.7. The zero-order valence-corrected chi connectivity index (χ0v) is 18.8. The second kappa shape index (κ2) is 9.99. The smallest absolute Gasteiger partial charge is 0.258 e. The minimum absolute atomic E-state index is 0.134. The van der Waals surface area contributed by atoms with Crippen molar-refractivity contribution in [2.45, 2.75) is 26.1 Å². The molecule has 0 spiro atoms. The molecule has 1 aliphatic rings. The number of nitrogens with one attached hydrogen (secondary N) is 1. The first kappa shape index (κ1) is 24.6. The van der Waals surface area contributed by atoms with Crippen LogP contribution >= 0.6 is 0 Å². The Morgan fingerprint density at radius 1 is 1.09 bits per heavy atom. The highest BCUT2D eigenvalue weighted by Crippen LogP contribution is 2.34. The van der Waals surface area contributed by atoms with Crippen molar-refractivity contribution in [2.24, 2.45) is 11.7 Å². The number of anilines is 2. The van der Waals surface area contributed by atoms with Gasteiger partial charge in [-0.25, -0.2) is 22.0 Å². The molecule has 4 rings (SSSR count). The molecule has 3 aromatic rings. The summed E-state index contributed by atoms with van der Waals surface area (Å²) in [6.07, 6.45) is 2.04. The Kier molecular flexibility index (Phi) is 7.02. The van der Waals surface area contributed by atoms with E-state index in [0.717, 1.165) is 36.8 Å². The molecule has 0 radical (unpaired) electrons. The molecule has 2 atom stereocenters. The number of carbonyl (C=O) groups is 1. The number of nitrogens with zero attached hydrogens (tertiary/aromatic N) is 2. The van der Waals surface area contributed by atoms with Gasteiger partial charge in [-0.15, -0.1) is 0 Å². The number of pyridine rings is 1. The van der Waals surface area contributed by atoms with Gasteiger partial charge in [0.25, 0.3) is 5.91 Å². The molecule has 35 heavy (non-hydrogen) atoms. The van der Waals surface area contributed by atoms with Crippen LogP contribution in [0.3, 0.4) is 0 Å². The lowest BCUT2D eigenvalue weighted by molar-refractivity contribution is 0.102. The summed E-state index contributed by atoms with van der Waals surface area (Å²) in [6, 6.07) is 5.75. The zero-order chi connectivity index (χ0) is 25.3. The van der Waals surface area contributed by atoms with Gasteiger partial charge in [0.15, 0.2) is 0 Å². The molecule has 2 aromatic carbocycles. The van der Waals surface area contributed by atoms with Crippen molar-refractivity contribution in [3.63, 3.8) is 0 Å². The third kappa shape index (κ3) is 4.97. The van der Waals surface area contributed by atoms with Gasteiger partial charge in [0.2, 0.25) is 0 Å². The van der Waals surface area contributed by atoms with Gasteiger partial charge in [-0.1, -0.05) is 13.0 Å². The van der Waals surface area contributed by atoms with Gasteiger partial charge in [0.05, 0.1) is 40.0 Å². The van der Waals surface area contributed by atoms with Gasteiger partial charge in [0.1, 0.15) is 29.9 Å². The van der Waals surface area contributed by atoms with Crippen LogP contribution in [-0.4, -0.2) is 30.0 Å². The average molecular weight is 490 g/mol. The molecule has 0 unspecified atom stereocenters. The van der Waals surface area contributed by atoms with Crippen molar-refractivity contribution in [3.8, 4) is 11.1 Å². The highest BCUT2D eigenvalue weighted by Gasteiger charge is 2.27. The van der Waals surface area contributed by atoms with Gasteiger partial charge < -0.3 is 16.0 Å². The van der Waals surface area contributed by atoms with Crippen LogP contribution in [0.5, 0.6) is 0 Å². The third-order valence-corrected chi connectivity index (χ3v) is 5.91. The maximum atomic E-state index is 15.3. The van der Waals surface area contributed by atoms with Gasteiger partial charge in [-0.2, -0.15) is 0 Å². The Bertz CT molecular complexity index is 1240. The normalized spacial score (nSPS) is 18.0. The summed E-state index contributed by atoms with van der Waals surface area (Å²) in [5.41, 5.74) is 4.34. The van der Waals surface area contributed by atoms with E-state index in [-0.39, 0.29) is 23.3 Å². The fourth-order valence-corrected chi connectivity index (χ4v) is 4.40. The van der Waals surface area contributed by atoms with E-state index in [9.17, 15) is 22.4 Å². The molecule has 0 aliphatic carbocycles. The van der Waals surface area contributed by atoms with E-state index in [4.69, 9.17) is 5.73 Å². The van der Waals surface area contributed by atoms with E-state index in [2.05, 4.69) is 10.3 Å². The predicted molar refractivity (Wildman–Crippen MR) is 123 cm³/mol. The minimum Gasteiger partial charge on any atom is -0.368 e. The number of hydrogen-bond acceptors (Lipinski definition) is 4. The molecule has 3 N–H and O–H groups in total. The molecule has 5 nitrogen and oxygen atoms in total. The van der Waals surface area contributed by atoms with Crippen LogP contribution in [0.4, 0.5) is 33.3 Å². The molecule has 184 valence electrons. The van der Waals surface area contributed by atoms with Crippen LogP contribution in [0.25, 0.3) is 11.1 Å². The number of hydrogen-bond donors (Lipinski definition) is 2. The molecule has 1 saturated heterocycles. The summed E-state index contributed by atoms with van der Waals surface area (Å²) in [4.78, 5) is 18.9. The van der Waals surface area contributed by atoms with E-state index in [0.29, 0.717) is 18.8 Å². The second-order valence-electron chi connectivity index (χ2n) is 8.67. The number of aromatic nitrogens is 1. The Morgan fingerprint density at radius 2 is 1.77 bits per heavy atom. The maximum Gasteiger partial charge on any atom is 0.258 e. The fraction of sp³-hybridized carbons (Fsp3) is 0.280. The lowest BCUT2D eigenvalue weighted by Gasteiger charge is -2.37. The van der Waals surface area contributed by atoms with E-state index < -0.39 is 52.5 Å². The van der Waals surface area contributed by atoms with Crippen molar-refractivity contribution in [2.75, 3.05) is 23.3 Å². The highest BCUT2D eigenvalue weighted by molar-refractivity contribution is 6.06. The minimum atomic E-state index is -1.42. The number of halogens is 5. The summed E-state index contributed by atoms with van der Waals surface area (Å²) in [7, 11) is 0. The topological polar surface area (TPSA) is 71.2 Å². The Hall–Kier alpha value is -3.53. The van der Waals surface area contributed by atoms with Crippen molar-refractivity contribution in [1.82, 2.24) is 4.98 Å². The molecular weight excluding hydrogens is 467 g/mol. The van der Waals surface area contributed by atoms with Crippen molar-refractivity contribution >= 4 is 17.3 Å². The van der Waals surface area contributed by atoms with Gasteiger partial charge in [0, 0.05) is 19.1 Å². The predicted octanol–water partition coefficient (Wildman–Crippen LogP) is 5.20. The number of nitrogens with two attached hydrogens (primary N) is 1. The van der Waals surface area contributed by atoms with Crippen LogP contribution in [0.2, 0.25) is 0 Å². The second-order valence-corrected chi connectivity index (χ2v) is 8.67. The van der Waals surface area contributed by atoms with E-state index in [1.54, 1.807) is 0 Å². The van der Waals surface area contributed by atoms with E-state index >= 15 is 4.39 Å². The molecule has 1 aromatic heterocycles. The number of carbonyl (C=O) groups excluding carboxylic acids is 1. The SMILES string of the molecule is C[C@@H]1C[C@H](N)CN(c2cc(CF)ncc2NC(=O)c2ccc(F)c(-c3c(F)cccc3F)c2F)C1. The van der Waals surface area contributed by atoms with Crippen LogP contribution in [0.1, 0.15) is 29.4 Å². The molecular formula is C25H23F5N4O. The van der Waals surface area contributed by atoms with Crippen molar-refractivity contribution < 1.29 is 26.7 Å². The number of rotatable bonds is 5. The quantitative estimate of drug-likeness (QED) is 0.483. The molecule has 0 bridgehead atoms. The van der Waals surface area contributed by atoms with Crippen LogP contribution in [-0.2, 0) is 6.67 Å². The Morgan fingerprint density at radius 3 is 2.43 bits per heavy atom. The van der Waals surface area contributed by atoms with E-state index in [1.165, 1.54) is 12.3 Å². The summed E-state index contributed by atoms with van der Waals surface area (Å²) < 4.78 is 71.5. The number of benzene rings is 2. The number of alkyl halides is 1. The van der Waals surface area contributed by atoms with E-state index in [1.807, 2.05) is 11.8 Å². The molecule has 1 aliphatic heterocycles. The molecule has 1 amide bonds. The Labute approximate surface area is 198 Å². The van der Waals surface area contributed by atoms with Crippen LogP contribution in [0.15, 0.2) is 42.6 Å². The van der Waals surface area contributed by atoms with Crippen molar-refractivity contribution in [3.05, 3.63) is 77.1 Å². The first-order valence-electron chi connectivity index (χ1n) is 11.0. The molecule has 0 saturated carbocycles. The van der Waals surface area contributed by atoms with Crippen LogP contribution in [0, 0.1) is 29.2 Å². The highest BCUT2D eigenvalue weighted by atomic mass is 19.1. The zero-order valence-electron chi connectivity index (χ0n) is 18.8. The van der Waals surface area contributed by atoms with Gasteiger partial charge in [-0.3, -0.25) is 9.78 Å². The molecule has 10 heteroatoms. The third-order valence-electron chi connectivity index (χ3n) is 5.91. The average Bonchev–Trinajstić information content (AvgIpc) is 2.80. The fourth-order valence-electron chi connectivity index (χ4n) is 4.40. The standard InChI is InChI=1S/C25H23F5N4O/c1-13-7-14(31)12-34(11-13)21-8-15(9-26)32-10-20(21)33-25(35)16-5-6-19(29)23(24(16)30)22-17(27)3-2-4-18(22)28/h2-6,8,10,13-14H,7,9,11-12,31H2,1H3,(H,33,35)/t13-,14+/m1/s1. The monoisotopic (exact) mass is 490 g/mol. The maximum absolute atomic E-state index is 15.3. The summed E-state index contributed by atoms with van der Waals surface area (Å²) in [5.74, 6) is -5.76. The number of piperidine rings is 1. The van der Waals surface area contributed by atoms with Crippen molar-refractivity contribution in [1.29, 1.82) is 0 Å². The first-order valence-corrected chi connectivity index (χ1v) is 11.0. The Balaban J connectivity index is 1.72. The summed E-state index contributed by atoms with van der Waals surface area (Å²) in [6.45, 7) is 2.22.